The molecule has 0 spiro atoms. The van der Waals surface area contributed by atoms with Crippen LogP contribution in [0.4, 0.5) is 5.69 Å². The lowest BCUT2D eigenvalue weighted by molar-refractivity contribution is -0.119. The lowest BCUT2D eigenvalue weighted by Crippen LogP contribution is -2.52. The molecule has 0 N–H and O–H groups in total. The van der Waals surface area contributed by atoms with Gasteiger partial charge in [-0.3, -0.25) is 9.69 Å². The molecule has 1 fully saturated rings. The highest BCUT2D eigenvalue weighted by molar-refractivity contribution is 5.93. The van der Waals surface area contributed by atoms with Crippen LogP contribution in [0.1, 0.15) is 32.3 Å². The lowest BCUT2D eigenvalue weighted by Gasteiger charge is -2.42. The second-order valence-corrected chi connectivity index (χ2v) is 7.01. The minimum atomic E-state index is 0.222. The van der Waals surface area contributed by atoms with E-state index in [0.717, 1.165) is 31.7 Å². The van der Waals surface area contributed by atoms with Crippen molar-refractivity contribution in [3.63, 3.8) is 0 Å². The Morgan fingerprint density at radius 2 is 1.72 bits per heavy atom. The lowest BCUT2D eigenvalue weighted by atomic mass is 9.91. The van der Waals surface area contributed by atoms with Gasteiger partial charge in [0.05, 0.1) is 0 Å². The van der Waals surface area contributed by atoms with Crippen molar-refractivity contribution in [1.82, 2.24) is 4.90 Å². The SMILES string of the molecule is CCC(=O)N(c1ccccc1)[C@@H]1CCN(Cc2ccccc2)C[C@H]1C. The second kappa shape index (κ2) is 8.30. The van der Waals surface area contributed by atoms with Gasteiger partial charge >= 0.3 is 0 Å². The normalized spacial score (nSPS) is 21.0. The summed E-state index contributed by atoms with van der Waals surface area (Å²) in [6.07, 6.45) is 1.57. The Balaban J connectivity index is 1.71. The summed E-state index contributed by atoms with van der Waals surface area (Å²) in [5.74, 6) is 0.674. The number of rotatable bonds is 5. The predicted molar refractivity (Wildman–Crippen MR) is 104 cm³/mol. The number of benzene rings is 2. The van der Waals surface area contributed by atoms with Crippen LogP contribution in [0.15, 0.2) is 60.7 Å². The monoisotopic (exact) mass is 336 g/mol. The van der Waals surface area contributed by atoms with Crippen molar-refractivity contribution in [2.45, 2.75) is 39.3 Å². The van der Waals surface area contributed by atoms with E-state index in [1.165, 1.54) is 5.56 Å². The van der Waals surface area contributed by atoms with Crippen LogP contribution in [0.25, 0.3) is 0 Å². The Kier molecular flexibility index (Phi) is 5.87. The number of hydrogen-bond acceptors (Lipinski definition) is 2. The van der Waals surface area contributed by atoms with E-state index in [2.05, 4.69) is 54.3 Å². The van der Waals surface area contributed by atoms with Gasteiger partial charge in [-0.25, -0.2) is 0 Å². The maximum Gasteiger partial charge on any atom is 0.226 e. The molecule has 1 amide bonds. The number of likely N-dealkylation sites (tertiary alicyclic amines) is 1. The van der Waals surface area contributed by atoms with Gasteiger partial charge in [0, 0.05) is 37.8 Å². The number of anilines is 1. The summed E-state index contributed by atoms with van der Waals surface area (Å²) in [5.41, 5.74) is 2.39. The zero-order chi connectivity index (χ0) is 17.6. The van der Waals surface area contributed by atoms with Gasteiger partial charge in [0.25, 0.3) is 0 Å². The smallest absolute Gasteiger partial charge is 0.226 e. The van der Waals surface area contributed by atoms with Crippen LogP contribution in [-0.4, -0.2) is 29.9 Å². The van der Waals surface area contributed by atoms with E-state index in [1.807, 2.05) is 30.0 Å². The van der Waals surface area contributed by atoms with Gasteiger partial charge < -0.3 is 4.90 Å². The molecule has 1 heterocycles. The zero-order valence-corrected chi connectivity index (χ0v) is 15.3. The van der Waals surface area contributed by atoms with E-state index >= 15 is 0 Å². The molecular weight excluding hydrogens is 308 g/mol. The highest BCUT2D eigenvalue weighted by atomic mass is 16.2. The molecule has 0 aliphatic carbocycles. The van der Waals surface area contributed by atoms with Crippen LogP contribution in [0.5, 0.6) is 0 Å². The van der Waals surface area contributed by atoms with E-state index in [4.69, 9.17) is 0 Å². The van der Waals surface area contributed by atoms with Gasteiger partial charge in [-0.2, -0.15) is 0 Å². The van der Waals surface area contributed by atoms with Gasteiger partial charge in [0.15, 0.2) is 0 Å². The average Bonchev–Trinajstić information content (AvgIpc) is 2.65. The topological polar surface area (TPSA) is 23.6 Å². The van der Waals surface area contributed by atoms with Crippen molar-refractivity contribution in [3.8, 4) is 0 Å². The molecule has 2 aromatic carbocycles. The maximum atomic E-state index is 12.6. The van der Waals surface area contributed by atoms with Crippen molar-refractivity contribution < 1.29 is 4.79 Å². The summed E-state index contributed by atoms with van der Waals surface area (Å²) in [4.78, 5) is 17.2. The summed E-state index contributed by atoms with van der Waals surface area (Å²) in [6.45, 7) is 7.28. The Hall–Kier alpha value is -2.13. The highest BCUT2D eigenvalue weighted by Crippen LogP contribution is 2.28. The number of carbonyl (C=O) groups excluding carboxylic acids is 1. The molecule has 0 radical (unpaired) electrons. The predicted octanol–water partition coefficient (Wildman–Crippen LogP) is 4.34. The van der Waals surface area contributed by atoms with E-state index in [1.54, 1.807) is 0 Å². The van der Waals surface area contributed by atoms with E-state index < -0.39 is 0 Å². The maximum absolute atomic E-state index is 12.6. The highest BCUT2D eigenvalue weighted by Gasteiger charge is 2.33. The minimum absolute atomic E-state index is 0.222. The summed E-state index contributed by atoms with van der Waals surface area (Å²) < 4.78 is 0. The zero-order valence-electron chi connectivity index (χ0n) is 15.3. The number of piperidine rings is 1. The number of carbonyl (C=O) groups is 1. The third-order valence-electron chi connectivity index (χ3n) is 5.13. The van der Waals surface area contributed by atoms with E-state index in [0.29, 0.717) is 12.3 Å². The number of nitrogens with zero attached hydrogens (tertiary/aromatic N) is 2. The van der Waals surface area contributed by atoms with Crippen molar-refractivity contribution >= 4 is 11.6 Å². The van der Waals surface area contributed by atoms with E-state index in [9.17, 15) is 4.79 Å². The van der Waals surface area contributed by atoms with Crippen LogP contribution in [0, 0.1) is 5.92 Å². The molecule has 2 atom stereocenters. The fourth-order valence-corrected chi connectivity index (χ4v) is 3.87. The van der Waals surface area contributed by atoms with Crippen molar-refractivity contribution in [2.24, 2.45) is 5.92 Å². The summed E-state index contributed by atoms with van der Waals surface area (Å²) in [7, 11) is 0. The van der Waals surface area contributed by atoms with Gasteiger partial charge in [0.2, 0.25) is 5.91 Å². The van der Waals surface area contributed by atoms with Gasteiger partial charge in [-0.15, -0.1) is 0 Å². The summed E-state index contributed by atoms with van der Waals surface area (Å²) in [5, 5.41) is 0. The molecule has 25 heavy (non-hydrogen) atoms. The van der Waals surface area contributed by atoms with Crippen LogP contribution in [0.3, 0.4) is 0 Å². The van der Waals surface area contributed by atoms with Crippen LogP contribution >= 0.6 is 0 Å². The first-order chi connectivity index (χ1) is 12.2. The molecule has 2 aromatic rings. The van der Waals surface area contributed by atoms with Gasteiger partial charge in [-0.05, 0) is 30.0 Å². The number of hydrogen-bond donors (Lipinski definition) is 0. The fraction of sp³-hybridized carbons (Fsp3) is 0.409. The average molecular weight is 336 g/mol. The second-order valence-electron chi connectivity index (χ2n) is 7.01. The Morgan fingerprint density at radius 1 is 1.08 bits per heavy atom. The molecule has 3 nitrogen and oxygen atoms in total. The molecule has 132 valence electrons. The standard InChI is InChI=1S/C22H28N2O/c1-3-22(25)24(20-12-8-5-9-13-20)21-14-15-23(16-18(21)2)17-19-10-6-4-7-11-19/h4-13,18,21H,3,14-17H2,1-2H3/t18-,21-/m1/s1. The molecule has 0 unspecified atom stereocenters. The Bertz CT molecular complexity index is 671. The van der Waals surface area contributed by atoms with E-state index in [-0.39, 0.29) is 11.9 Å². The Morgan fingerprint density at radius 3 is 2.32 bits per heavy atom. The largest absolute Gasteiger partial charge is 0.309 e. The third kappa shape index (κ3) is 4.29. The van der Waals surface area contributed by atoms with Crippen molar-refractivity contribution in [2.75, 3.05) is 18.0 Å². The summed E-state index contributed by atoms with van der Waals surface area (Å²) >= 11 is 0. The molecule has 0 saturated carbocycles. The third-order valence-corrected chi connectivity index (χ3v) is 5.13. The van der Waals surface area contributed by atoms with Gasteiger partial charge in [-0.1, -0.05) is 62.4 Å². The Labute approximate surface area is 151 Å². The molecule has 0 aromatic heterocycles. The molecule has 3 rings (SSSR count). The fourth-order valence-electron chi connectivity index (χ4n) is 3.87. The van der Waals surface area contributed by atoms with Gasteiger partial charge in [0.1, 0.15) is 0 Å². The first kappa shape index (κ1) is 17.7. The quantitative estimate of drug-likeness (QED) is 0.811. The van der Waals surface area contributed by atoms with Crippen molar-refractivity contribution in [1.29, 1.82) is 0 Å². The molecular formula is C22H28N2O. The van der Waals surface area contributed by atoms with Crippen LogP contribution in [-0.2, 0) is 11.3 Å². The minimum Gasteiger partial charge on any atom is -0.309 e. The van der Waals surface area contributed by atoms with Crippen molar-refractivity contribution in [3.05, 3.63) is 66.2 Å². The van der Waals surface area contributed by atoms with Crippen LogP contribution in [0.2, 0.25) is 0 Å². The number of amides is 1. The number of para-hydroxylation sites is 1. The molecule has 1 aliphatic heterocycles. The molecule has 1 saturated heterocycles. The summed E-state index contributed by atoms with van der Waals surface area (Å²) in [6, 6.07) is 21.1. The molecule has 3 heteroatoms. The first-order valence-electron chi connectivity index (χ1n) is 9.32. The molecule has 0 bridgehead atoms. The van der Waals surface area contributed by atoms with Crippen LogP contribution < -0.4 is 4.90 Å². The first-order valence-corrected chi connectivity index (χ1v) is 9.32. The molecule has 1 aliphatic rings.